The van der Waals surface area contributed by atoms with Crippen LogP contribution in [0.5, 0.6) is 0 Å². The molecule has 2 atom stereocenters. The van der Waals surface area contributed by atoms with Crippen LogP contribution in [-0.4, -0.2) is 47.4 Å². The molecule has 0 radical (unpaired) electrons. The Labute approximate surface area is 514 Å². The predicted molar refractivity (Wildman–Crippen MR) is 361 cm³/mol. The van der Waals surface area contributed by atoms with Crippen molar-refractivity contribution in [2.24, 2.45) is 0 Å². The number of hydrogen-bond donors (Lipinski definition) is 3. The topological polar surface area (TPSA) is 95.9 Å². The molecule has 0 aromatic heterocycles. The van der Waals surface area contributed by atoms with Crippen LogP contribution < -0.4 is 5.32 Å². The third-order valence-electron chi connectivity index (χ3n) is 18.1. The Morgan fingerprint density at radius 3 is 0.829 bits per heavy atom. The number of aliphatic hydroxyl groups excluding tert-OH is 2. The number of carbonyl (C=O) groups excluding carboxylic acids is 2. The van der Waals surface area contributed by atoms with Gasteiger partial charge in [0.25, 0.3) is 0 Å². The molecule has 6 heteroatoms. The van der Waals surface area contributed by atoms with Gasteiger partial charge in [0.15, 0.2) is 0 Å². The van der Waals surface area contributed by atoms with Crippen LogP contribution >= 0.6 is 0 Å². The smallest absolute Gasteiger partial charge is 0.305 e. The molecule has 3 N–H and O–H groups in total. The minimum Gasteiger partial charge on any atom is -0.466 e. The van der Waals surface area contributed by atoms with Gasteiger partial charge in [-0.2, -0.15) is 0 Å². The first kappa shape index (κ1) is 80.6. The summed E-state index contributed by atoms with van der Waals surface area (Å²) in [5.41, 5.74) is 0. The van der Waals surface area contributed by atoms with Gasteiger partial charge in [0.2, 0.25) is 5.91 Å². The first-order valence-electron chi connectivity index (χ1n) is 38.0. The lowest BCUT2D eigenvalue weighted by molar-refractivity contribution is -0.143. The van der Waals surface area contributed by atoms with E-state index < -0.39 is 12.1 Å². The van der Waals surface area contributed by atoms with Crippen LogP contribution in [0, 0.1) is 0 Å². The van der Waals surface area contributed by atoms with Gasteiger partial charge in [-0.15, -0.1) is 0 Å². The van der Waals surface area contributed by atoms with Gasteiger partial charge < -0.3 is 20.3 Å². The summed E-state index contributed by atoms with van der Waals surface area (Å²) < 4.78 is 5.51. The number of esters is 1. The molecule has 1 amide bonds. The van der Waals surface area contributed by atoms with Crippen molar-refractivity contribution in [2.75, 3.05) is 13.2 Å². The number of ether oxygens (including phenoxy) is 1. The van der Waals surface area contributed by atoms with Gasteiger partial charge in [-0.25, -0.2) is 0 Å². The second kappa shape index (κ2) is 72.1. The van der Waals surface area contributed by atoms with Crippen LogP contribution in [-0.2, 0) is 14.3 Å². The minimum absolute atomic E-state index is 0.0255. The molecule has 0 spiro atoms. The maximum atomic E-state index is 12.5. The normalized spacial score (nSPS) is 12.5. The van der Waals surface area contributed by atoms with E-state index in [-0.39, 0.29) is 18.5 Å². The van der Waals surface area contributed by atoms with Crippen molar-refractivity contribution in [3.63, 3.8) is 0 Å². The Kier molecular flexibility index (Phi) is 70.8. The van der Waals surface area contributed by atoms with Gasteiger partial charge >= 0.3 is 5.97 Å². The van der Waals surface area contributed by atoms with Crippen molar-refractivity contribution in [1.82, 2.24) is 5.32 Å². The van der Waals surface area contributed by atoms with Crippen molar-refractivity contribution < 1.29 is 24.5 Å². The van der Waals surface area contributed by atoms with E-state index in [2.05, 4.69) is 19.2 Å². The Balaban J connectivity index is 3.32. The molecule has 0 fully saturated rings. The highest BCUT2D eigenvalue weighted by Crippen LogP contribution is 2.20. The molecule has 0 heterocycles. The van der Waals surface area contributed by atoms with E-state index in [0.717, 1.165) is 38.5 Å². The minimum atomic E-state index is -0.841. The number of carbonyl (C=O) groups is 2. The van der Waals surface area contributed by atoms with Crippen LogP contribution in [0.4, 0.5) is 0 Å². The maximum Gasteiger partial charge on any atom is 0.305 e. The molecule has 2 unspecified atom stereocenters. The highest BCUT2D eigenvalue weighted by Gasteiger charge is 2.18. The molecule has 0 aliphatic rings. The van der Waals surface area contributed by atoms with Crippen molar-refractivity contribution in [2.45, 2.75) is 450 Å². The van der Waals surface area contributed by atoms with E-state index in [1.165, 1.54) is 372 Å². The maximum absolute atomic E-state index is 12.5. The summed E-state index contributed by atoms with van der Waals surface area (Å²) in [7, 11) is 0. The molecule has 0 aliphatic heterocycles. The molecule has 0 aromatic rings. The van der Waals surface area contributed by atoms with Crippen molar-refractivity contribution >= 4 is 11.9 Å². The zero-order valence-corrected chi connectivity index (χ0v) is 56.0. The number of aliphatic hydroxyl groups is 2. The zero-order chi connectivity index (χ0) is 59.2. The van der Waals surface area contributed by atoms with E-state index in [1.807, 2.05) is 6.08 Å². The highest BCUT2D eigenvalue weighted by atomic mass is 16.5. The van der Waals surface area contributed by atoms with Crippen LogP contribution in [0.3, 0.4) is 0 Å². The fourth-order valence-electron chi connectivity index (χ4n) is 12.3. The first-order chi connectivity index (χ1) is 40.5. The summed E-state index contributed by atoms with van der Waals surface area (Å²) >= 11 is 0. The SMILES string of the molecule is CCCCCCCCCCCCCCCCC/C=C/C(O)C(CO)NC(=O)CCCCCCCCCCCCCCCCCCCCCCCCCCCCCCCCCOC(=O)CCCCCCCCCCCCCCCCCCC. The average Bonchev–Trinajstić information content (AvgIpc) is 3.48. The summed E-state index contributed by atoms with van der Waals surface area (Å²) in [6, 6.07) is -0.624. The highest BCUT2D eigenvalue weighted by molar-refractivity contribution is 5.76. The van der Waals surface area contributed by atoms with Crippen LogP contribution in [0.1, 0.15) is 438 Å². The quantitative estimate of drug-likeness (QED) is 0.0320. The van der Waals surface area contributed by atoms with Gasteiger partial charge in [-0.3, -0.25) is 9.59 Å². The van der Waals surface area contributed by atoms with Gasteiger partial charge in [-0.1, -0.05) is 405 Å². The number of allylic oxidation sites excluding steroid dienone is 1. The van der Waals surface area contributed by atoms with E-state index in [1.54, 1.807) is 6.08 Å². The molecular weight excluding hydrogens is 1010 g/mol. The Hall–Kier alpha value is -1.40. The van der Waals surface area contributed by atoms with Gasteiger partial charge in [-0.05, 0) is 32.1 Å². The number of hydrogen-bond acceptors (Lipinski definition) is 5. The standard InChI is InChI=1S/C76H149NO5/c1-3-5-7-9-11-13-15-17-19-36-40-44-48-52-56-60-64-68-74(79)73(72-78)77-75(80)69-65-61-57-53-49-45-41-38-34-32-30-28-26-24-22-21-23-25-27-29-31-33-35-39-43-47-51-55-59-63-67-71-82-76(81)70-66-62-58-54-50-46-42-37-20-18-16-14-12-10-8-6-4-2/h64,68,73-74,78-79H,3-63,65-67,69-72H2,1-2H3,(H,77,80)/b68-64+. The largest absolute Gasteiger partial charge is 0.466 e. The third-order valence-corrected chi connectivity index (χ3v) is 18.1. The molecule has 0 saturated carbocycles. The second-order valence-corrected chi connectivity index (χ2v) is 26.4. The van der Waals surface area contributed by atoms with E-state index in [4.69, 9.17) is 4.74 Å². The molecule has 488 valence electrons. The third kappa shape index (κ3) is 67.7. The van der Waals surface area contributed by atoms with Crippen molar-refractivity contribution in [1.29, 1.82) is 0 Å². The number of nitrogens with one attached hydrogen (secondary N) is 1. The molecule has 0 rings (SSSR count). The van der Waals surface area contributed by atoms with Gasteiger partial charge in [0.1, 0.15) is 0 Å². The molecule has 6 nitrogen and oxygen atoms in total. The predicted octanol–water partition coefficient (Wildman–Crippen LogP) is 24.7. The van der Waals surface area contributed by atoms with Gasteiger partial charge in [0.05, 0.1) is 25.4 Å². The summed E-state index contributed by atoms with van der Waals surface area (Å²) in [6.45, 7) is 4.96. The monoisotopic (exact) mass is 1160 g/mol. The lowest BCUT2D eigenvalue weighted by atomic mass is 10.0. The number of unbranched alkanes of at least 4 members (excludes halogenated alkanes) is 61. The van der Waals surface area contributed by atoms with E-state index >= 15 is 0 Å². The average molecular weight is 1160 g/mol. The fraction of sp³-hybridized carbons (Fsp3) is 0.947. The van der Waals surface area contributed by atoms with Gasteiger partial charge in [0, 0.05) is 12.8 Å². The van der Waals surface area contributed by atoms with Crippen LogP contribution in [0.15, 0.2) is 12.2 Å². The molecule has 0 bridgehead atoms. The Morgan fingerprint density at radius 1 is 0.329 bits per heavy atom. The van der Waals surface area contributed by atoms with Crippen LogP contribution in [0.25, 0.3) is 0 Å². The Bertz CT molecular complexity index is 1240. The number of rotatable bonds is 72. The fourth-order valence-corrected chi connectivity index (χ4v) is 12.3. The summed E-state index contributed by atoms with van der Waals surface area (Å²) in [6.07, 6.45) is 90.3. The summed E-state index contributed by atoms with van der Waals surface area (Å²) in [5.74, 6) is -0.0343. The lowest BCUT2D eigenvalue weighted by Crippen LogP contribution is -2.45. The Morgan fingerprint density at radius 2 is 0.561 bits per heavy atom. The first-order valence-corrected chi connectivity index (χ1v) is 38.0. The lowest BCUT2D eigenvalue weighted by Gasteiger charge is -2.20. The molecule has 82 heavy (non-hydrogen) atoms. The summed E-state index contributed by atoms with van der Waals surface area (Å²) in [4.78, 5) is 24.6. The van der Waals surface area contributed by atoms with E-state index in [0.29, 0.717) is 19.4 Å². The van der Waals surface area contributed by atoms with Crippen LogP contribution in [0.2, 0.25) is 0 Å². The molecule has 0 saturated heterocycles. The van der Waals surface area contributed by atoms with Crippen molar-refractivity contribution in [3.8, 4) is 0 Å². The molecule has 0 aromatic carbocycles. The van der Waals surface area contributed by atoms with E-state index in [9.17, 15) is 19.8 Å². The number of amides is 1. The molecular formula is C76H149NO5. The zero-order valence-electron chi connectivity index (χ0n) is 56.0. The second-order valence-electron chi connectivity index (χ2n) is 26.4. The molecule has 0 aliphatic carbocycles. The summed E-state index contributed by atoms with van der Waals surface area (Å²) in [5, 5.41) is 23.2. The van der Waals surface area contributed by atoms with Crippen molar-refractivity contribution in [3.05, 3.63) is 12.2 Å².